The van der Waals surface area contributed by atoms with Gasteiger partial charge in [-0.2, -0.15) is 0 Å². The van der Waals surface area contributed by atoms with Gasteiger partial charge in [0.15, 0.2) is 11.6 Å². The molecule has 3 N–H and O–H groups in total. The molecular weight excluding hydrogens is 393 g/mol. The summed E-state index contributed by atoms with van der Waals surface area (Å²) in [5.74, 6) is -3.72. The van der Waals surface area contributed by atoms with Crippen LogP contribution in [0.5, 0.6) is 5.75 Å². The second-order valence-electron chi connectivity index (χ2n) is 6.24. The highest BCUT2D eigenvalue weighted by molar-refractivity contribution is 6.27. The second kappa shape index (κ2) is 10.7. The second-order valence-corrected chi connectivity index (χ2v) is 6.24. The summed E-state index contributed by atoms with van der Waals surface area (Å²) in [6.07, 6.45) is 5.44. The fourth-order valence-electron chi connectivity index (χ4n) is 2.56. The first-order chi connectivity index (χ1) is 14.3. The van der Waals surface area contributed by atoms with Crippen LogP contribution in [-0.4, -0.2) is 38.8 Å². The zero-order valence-corrected chi connectivity index (χ0v) is 16.4. The van der Waals surface area contributed by atoms with Gasteiger partial charge in [0, 0.05) is 30.7 Å². The Balaban J connectivity index is 0.000000469. The minimum atomic E-state index is -1.82. The van der Waals surface area contributed by atoms with Crippen molar-refractivity contribution in [2.24, 2.45) is 0 Å². The topological polar surface area (TPSA) is 114 Å². The van der Waals surface area contributed by atoms with E-state index in [-0.39, 0.29) is 17.6 Å². The van der Waals surface area contributed by atoms with Crippen LogP contribution in [0.3, 0.4) is 0 Å². The van der Waals surface area contributed by atoms with E-state index < -0.39 is 11.9 Å². The zero-order valence-electron chi connectivity index (χ0n) is 16.4. The maximum Gasteiger partial charge on any atom is 0.414 e. The Bertz CT molecular complexity index is 963. The van der Waals surface area contributed by atoms with Crippen LogP contribution >= 0.6 is 0 Å². The van der Waals surface area contributed by atoms with Gasteiger partial charge in [0.2, 0.25) is 0 Å². The standard InChI is InChI=1S/C19H20FN3O.C2H2O4/c1-14(22-12-15-3-8-19(24-2)18(20)11-15)16-4-6-17(7-5-16)23-10-9-21-13-23;3-1(4)2(5)6/h3-11,13-14,22H,12H2,1-2H3;(H,3,4)(H,5,6). The summed E-state index contributed by atoms with van der Waals surface area (Å²) in [7, 11) is 1.46. The number of hydrogen-bond donors (Lipinski definition) is 3. The first-order valence-electron chi connectivity index (χ1n) is 8.92. The molecule has 0 saturated heterocycles. The number of nitrogens with one attached hydrogen (secondary N) is 1. The number of aromatic nitrogens is 2. The minimum Gasteiger partial charge on any atom is -0.494 e. The third-order valence-corrected chi connectivity index (χ3v) is 4.21. The maximum absolute atomic E-state index is 13.7. The van der Waals surface area contributed by atoms with Crippen LogP contribution in [-0.2, 0) is 16.1 Å². The Morgan fingerprint density at radius 3 is 2.33 bits per heavy atom. The van der Waals surface area contributed by atoms with Gasteiger partial charge in [-0.15, -0.1) is 0 Å². The molecule has 1 aromatic heterocycles. The lowest BCUT2D eigenvalue weighted by atomic mass is 10.1. The molecule has 2 aromatic carbocycles. The van der Waals surface area contributed by atoms with Crippen LogP contribution in [0.1, 0.15) is 24.1 Å². The van der Waals surface area contributed by atoms with Crippen LogP contribution < -0.4 is 10.1 Å². The molecule has 1 atom stereocenters. The molecule has 0 aliphatic heterocycles. The van der Waals surface area contributed by atoms with Crippen molar-refractivity contribution in [3.63, 3.8) is 0 Å². The Labute approximate surface area is 172 Å². The van der Waals surface area contributed by atoms with Crippen molar-refractivity contribution in [3.8, 4) is 11.4 Å². The molecule has 0 bridgehead atoms. The van der Waals surface area contributed by atoms with Gasteiger partial charge in [-0.25, -0.2) is 19.0 Å². The summed E-state index contributed by atoms with van der Waals surface area (Å²) in [5, 5.41) is 18.2. The van der Waals surface area contributed by atoms with Crippen molar-refractivity contribution in [1.29, 1.82) is 0 Å². The maximum atomic E-state index is 13.7. The van der Waals surface area contributed by atoms with E-state index >= 15 is 0 Å². The quantitative estimate of drug-likeness (QED) is 0.530. The van der Waals surface area contributed by atoms with Gasteiger partial charge in [-0.1, -0.05) is 18.2 Å². The predicted molar refractivity (Wildman–Crippen MR) is 107 cm³/mol. The Morgan fingerprint density at radius 1 is 1.17 bits per heavy atom. The normalized spacial score (nSPS) is 11.2. The smallest absolute Gasteiger partial charge is 0.414 e. The van der Waals surface area contributed by atoms with Gasteiger partial charge in [0.1, 0.15) is 0 Å². The number of carboxylic acids is 2. The molecule has 8 nitrogen and oxygen atoms in total. The fraction of sp³-hybridized carbons (Fsp3) is 0.190. The summed E-state index contributed by atoms with van der Waals surface area (Å²) in [5.41, 5.74) is 3.13. The van der Waals surface area contributed by atoms with E-state index in [1.54, 1.807) is 18.6 Å². The SMILES string of the molecule is COc1ccc(CNC(C)c2ccc(-n3ccnc3)cc2)cc1F.O=C(O)C(=O)O. The van der Waals surface area contributed by atoms with E-state index in [0.29, 0.717) is 6.54 Å². The van der Waals surface area contributed by atoms with Crippen molar-refractivity contribution >= 4 is 11.9 Å². The van der Waals surface area contributed by atoms with Crippen LogP contribution in [0.4, 0.5) is 4.39 Å². The number of benzene rings is 2. The number of imidazole rings is 1. The lowest BCUT2D eigenvalue weighted by Gasteiger charge is -2.15. The van der Waals surface area contributed by atoms with Crippen molar-refractivity contribution in [1.82, 2.24) is 14.9 Å². The third kappa shape index (κ3) is 6.42. The highest BCUT2D eigenvalue weighted by Crippen LogP contribution is 2.19. The minimum absolute atomic E-state index is 0.159. The zero-order chi connectivity index (χ0) is 22.1. The monoisotopic (exact) mass is 415 g/mol. The predicted octanol–water partition coefficient (Wildman–Crippen LogP) is 3.03. The lowest BCUT2D eigenvalue weighted by molar-refractivity contribution is -0.159. The molecule has 0 aliphatic rings. The van der Waals surface area contributed by atoms with E-state index in [1.165, 1.54) is 18.7 Å². The number of nitrogens with zero attached hydrogens (tertiary/aromatic N) is 2. The highest BCUT2D eigenvalue weighted by atomic mass is 19.1. The van der Waals surface area contributed by atoms with Gasteiger partial charge in [0.05, 0.1) is 13.4 Å². The number of halogens is 1. The first kappa shape index (κ1) is 22.6. The Hall–Kier alpha value is -3.72. The number of ether oxygens (including phenoxy) is 1. The van der Waals surface area contributed by atoms with E-state index in [4.69, 9.17) is 24.5 Å². The van der Waals surface area contributed by atoms with E-state index in [1.807, 2.05) is 16.8 Å². The first-order valence-corrected chi connectivity index (χ1v) is 8.92. The number of aliphatic carboxylic acids is 2. The van der Waals surface area contributed by atoms with Gasteiger partial charge in [-0.3, -0.25) is 0 Å². The molecule has 3 rings (SSSR count). The summed E-state index contributed by atoms with van der Waals surface area (Å²) >= 11 is 0. The molecule has 0 aliphatic carbocycles. The molecule has 0 spiro atoms. The lowest BCUT2D eigenvalue weighted by Crippen LogP contribution is -2.18. The van der Waals surface area contributed by atoms with Crippen molar-refractivity contribution < 1.29 is 28.9 Å². The van der Waals surface area contributed by atoms with Crippen LogP contribution in [0.2, 0.25) is 0 Å². The van der Waals surface area contributed by atoms with E-state index in [9.17, 15) is 4.39 Å². The molecule has 3 aromatic rings. The van der Waals surface area contributed by atoms with E-state index in [2.05, 4.69) is 41.5 Å². The number of carbonyl (C=O) groups is 2. The van der Waals surface area contributed by atoms with Crippen LogP contribution in [0.15, 0.2) is 61.2 Å². The van der Waals surface area contributed by atoms with Gasteiger partial charge in [-0.05, 0) is 42.3 Å². The van der Waals surface area contributed by atoms with Crippen molar-refractivity contribution in [2.75, 3.05) is 7.11 Å². The molecule has 9 heteroatoms. The van der Waals surface area contributed by atoms with Gasteiger partial charge in [0.25, 0.3) is 0 Å². The Kier molecular flexibility index (Phi) is 8.07. The molecule has 158 valence electrons. The molecule has 1 heterocycles. The van der Waals surface area contributed by atoms with Gasteiger partial charge < -0.3 is 24.8 Å². The van der Waals surface area contributed by atoms with E-state index in [0.717, 1.165) is 11.3 Å². The van der Waals surface area contributed by atoms with Crippen molar-refractivity contribution in [3.05, 3.63) is 78.1 Å². The largest absolute Gasteiger partial charge is 0.494 e. The summed E-state index contributed by atoms with van der Waals surface area (Å²) in [6.45, 7) is 2.68. The molecule has 1 unspecified atom stereocenters. The third-order valence-electron chi connectivity index (χ3n) is 4.21. The number of rotatable bonds is 6. The van der Waals surface area contributed by atoms with Crippen LogP contribution in [0, 0.1) is 5.82 Å². The average molecular weight is 415 g/mol. The number of hydrogen-bond acceptors (Lipinski definition) is 5. The number of carboxylic acid groups (broad SMARTS) is 2. The highest BCUT2D eigenvalue weighted by Gasteiger charge is 2.08. The summed E-state index contributed by atoms with van der Waals surface area (Å²) in [4.78, 5) is 22.2. The Morgan fingerprint density at radius 2 is 1.83 bits per heavy atom. The van der Waals surface area contributed by atoms with Crippen LogP contribution in [0.25, 0.3) is 5.69 Å². The molecule has 0 fully saturated rings. The summed E-state index contributed by atoms with van der Waals surface area (Å²) in [6, 6.07) is 13.5. The average Bonchev–Trinajstić information content (AvgIpc) is 3.27. The van der Waals surface area contributed by atoms with Crippen molar-refractivity contribution in [2.45, 2.75) is 19.5 Å². The molecule has 0 amide bonds. The molecule has 30 heavy (non-hydrogen) atoms. The molecule has 0 radical (unpaired) electrons. The molecule has 0 saturated carbocycles. The molecular formula is C21H22FN3O5. The summed E-state index contributed by atoms with van der Waals surface area (Å²) < 4.78 is 20.6. The number of methoxy groups -OCH3 is 1. The van der Waals surface area contributed by atoms with Gasteiger partial charge >= 0.3 is 11.9 Å². The fourth-order valence-corrected chi connectivity index (χ4v) is 2.56.